The fourth-order valence-corrected chi connectivity index (χ4v) is 4.94. The van der Waals surface area contributed by atoms with Gasteiger partial charge >= 0.3 is 5.97 Å². The number of fused-ring (bicyclic) bond motifs is 1. The van der Waals surface area contributed by atoms with Gasteiger partial charge in [0, 0.05) is 6.42 Å². The summed E-state index contributed by atoms with van der Waals surface area (Å²) in [5.41, 5.74) is 0.148. The summed E-state index contributed by atoms with van der Waals surface area (Å²) >= 11 is 0. The first kappa shape index (κ1) is 17.9. The Hall–Kier alpha value is -0.900. The Labute approximate surface area is 145 Å². The van der Waals surface area contributed by atoms with Crippen LogP contribution in [0.1, 0.15) is 66.2 Å². The Morgan fingerprint density at radius 3 is 2.46 bits per heavy atom. The second-order valence-electron chi connectivity index (χ2n) is 9.20. The van der Waals surface area contributed by atoms with Crippen molar-refractivity contribution in [2.24, 2.45) is 29.1 Å². The molecule has 0 N–H and O–H groups in total. The number of Topliss-reactive ketones (excluding diaryl/α,β-unsaturated/α-hetero) is 1. The summed E-state index contributed by atoms with van der Waals surface area (Å²) in [5, 5.41) is 0. The molecule has 4 fully saturated rings. The van der Waals surface area contributed by atoms with E-state index < -0.39 is 0 Å². The second kappa shape index (κ2) is 6.78. The summed E-state index contributed by atoms with van der Waals surface area (Å²) < 4.78 is 11.3. The molecule has 0 amide bonds. The van der Waals surface area contributed by atoms with Gasteiger partial charge in [-0.05, 0) is 62.2 Å². The molecule has 2 heterocycles. The molecule has 2 saturated carbocycles. The van der Waals surface area contributed by atoms with Crippen LogP contribution in [-0.4, -0.2) is 30.6 Å². The topological polar surface area (TPSA) is 52.6 Å². The molecule has 4 rings (SSSR count). The minimum atomic E-state index is -0.323. The van der Waals surface area contributed by atoms with Crippen LogP contribution in [0.5, 0.6) is 0 Å². The quantitative estimate of drug-likeness (QED) is 0.664. The van der Waals surface area contributed by atoms with Crippen LogP contribution in [-0.2, 0) is 19.1 Å². The van der Waals surface area contributed by atoms with E-state index in [1.54, 1.807) is 0 Å². The zero-order valence-electron chi connectivity index (χ0n) is 15.5. The highest BCUT2D eigenvalue weighted by atomic mass is 16.5. The Balaban J connectivity index is 1.61. The van der Waals surface area contributed by atoms with Crippen molar-refractivity contribution in [3.63, 3.8) is 0 Å². The van der Waals surface area contributed by atoms with E-state index in [1.165, 1.54) is 6.42 Å². The molecule has 4 bridgehead atoms. The van der Waals surface area contributed by atoms with E-state index in [0.29, 0.717) is 36.9 Å². The fourth-order valence-electron chi connectivity index (χ4n) is 4.94. The molecule has 0 aromatic heterocycles. The highest BCUT2D eigenvalue weighted by Crippen LogP contribution is 2.56. The molecule has 4 nitrogen and oxygen atoms in total. The summed E-state index contributed by atoms with van der Waals surface area (Å²) in [4.78, 5) is 25.2. The van der Waals surface area contributed by atoms with Gasteiger partial charge in [-0.3, -0.25) is 9.59 Å². The summed E-state index contributed by atoms with van der Waals surface area (Å²) in [5.74, 6) is 1.35. The second-order valence-corrected chi connectivity index (χ2v) is 9.20. The van der Waals surface area contributed by atoms with Gasteiger partial charge in [-0.15, -0.1) is 0 Å². The van der Waals surface area contributed by atoms with Gasteiger partial charge in [0.15, 0.2) is 5.78 Å². The van der Waals surface area contributed by atoms with Crippen molar-refractivity contribution in [2.75, 3.05) is 6.61 Å². The lowest BCUT2D eigenvalue weighted by Gasteiger charge is -2.41. The van der Waals surface area contributed by atoms with Gasteiger partial charge in [-0.1, -0.05) is 20.8 Å². The summed E-state index contributed by atoms with van der Waals surface area (Å²) in [6.45, 7) is 8.67. The third kappa shape index (κ3) is 3.68. The Morgan fingerprint density at radius 2 is 1.92 bits per heavy atom. The molecule has 4 heteroatoms. The van der Waals surface area contributed by atoms with E-state index >= 15 is 0 Å². The van der Waals surface area contributed by atoms with Crippen LogP contribution in [0.25, 0.3) is 0 Å². The van der Waals surface area contributed by atoms with Crippen LogP contribution in [0, 0.1) is 29.1 Å². The Kier molecular flexibility index (Phi) is 5.06. The Morgan fingerprint density at radius 1 is 1.17 bits per heavy atom. The molecule has 0 aromatic rings. The van der Waals surface area contributed by atoms with Gasteiger partial charge in [0.25, 0.3) is 0 Å². The number of ether oxygens (including phenoxy) is 2. The zero-order chi connectivity index (χ0) is 17.5. The highest BCUT2D eigenvalue weighted by molar-refractivity contribution is 5.88. The smallest absolute Gasteiger partial charge is 0.309 e. The minimum Gasteiger partial charge on any atom is -0.466 e. The van der Waals surface area contributed by atoms with Gasteiger partial charge < -0.3 is 9.47 Å². The molecule has 6 unspecified atom stereocenters. The van der Waals surface area contributed by atoms with Crippen molar-refractivity contribution in [1.29, 1.82) is 0 Å². The molecule has 6 atom stereocenters. The van der Waals surface area contributed by atoms with Crippen LogP contribution in [0.2, 0.25) is 0 Å². The summed E-state index contributed by atoms with van der Waals surface area (Å²) in [7, 11) is 0. The number of hydrogen-bond donors (Lipinski definition) is 0. The van der Waals surface area contributed by atoms with Crippen molar-refractivity contribution in [2.45, 2.75) is 78.4 Å². The van der Waals surface area contributed by atoms with Crippen molar-refractivity contribution >= 4 is 11.8 Å². The number of carbonyl (C=O) groups excluding carboxylic acids is 2. The number of ketones is 1. The van der Waals surface area contributed by atoms with E-state index in [2.05, 4.69) is 20.8 Å². The lowest BCUT2D eigenvalue weighted by molar-refractivity contribution is -0.165. The first-order chi connectivity index (χ1) is 11.3. The summed E-state index contributed by atoms with van der Waals surface area (Å²) in [6.07, 6.45) is 5.46. The van der Waals surface area contributed by atoms with Crippen molar-refractivity contribution in [3.8, 4) is 0 Å². The molecule has 24 heavy (non-hydrogen) atoms. The monoisotopic (exact) mass is 336 g/mol. The van der Waals surface area contributed by atoms with Gasteiger partial charge in [-0.2, -0.15) is 0 Å². The average molecular weight is 336 g/mol. The van der Waals surface area contributed by atoms with Crippen LogP contribution in [0.3, 0.4) is 0 Å². The van der Waals surface area contributed by atoms with Crippen molar-refractivity contribution in [3.05, 3.63) is 0 Å². The number of carbonyl (C=O) groups is 2. The molecule has 136 valence electrons. The standard InChI is InChI=1S/C20H32O4/c1-5-23-19(22)12(6-7-20(2,3)4)10-16(21)18-15-9-14-8-13(15)11-17(14)24-18/h12-15,17-18H,5-11H2,1-4H3. The van der Waals surface area contributed by atoms with E-state index in [4.69, 9.17) is 9.47 Å². The van der Waals surface area contributed by atoms with Crippen LogP contribution in [0.4, 0.5) is 0 Å². The predicted octanol–water partition coefficient (Wildman–Crippen LogP) is 3.76. The van der Waals surface area contributed by atoms with Crippen molar-refractivity contribution in [1.82, 2.24) is 0 Å². The highest BCUT2D eigenvalue weighted by Gasteiger charge is 2.56. The third-order valence-corrected chi connectivity index (χ3v) is 6.18. The number of esters is 1. The van der Waals surface area contributed by atoms with E-state index in [0.717, 1.165) is 19.3 Å². The van der Waals surface area contributed by atoms with E-state index in [9.17, 15) is 9.59 Å². The zero-order valence-corrected chi connectivity index (χ0v) is 15.5. The molecule has 0 radical (unpaired) electrons. The predicted molar refractivity (Wildman–Crippen MR) is 91.4 cm³/mol. The van der Waals surface area contributed by atoms with E-state index in [-0.39, 0.29) is 35.6 Å². The molecule has 2 saturated heterocycles. The van der Waals surface area contributed by atoms with Crippen LogP contribution < -0.4 is 0 Å². The van der Waals surface area contributed by atoms with Crippen LogP contribution >= 0.6 is 0 Å². The molecular formula is C20H32O4. The molecule has 0 aromatic carbocycles. The lowest BCUT2D eigenvalue weighted by atomic mass is 9.77. The molecule has 0 spiro atoms. The largest absolute Gasteiger partial charge is 0.466 e. The molecule has 2 aliphatic carbocycles. The minimum absolute atomic E-state index is 0.127. The SMILES string of the molecule is CCOC(=O)C(CCC(C)(C)C)CC(=O)C1OC2CC3CC2CC31. The van der Waals surface area contributed by atoms with Gasteiger partial charge in [0.05, 0.1) is 18.6 Å². The Bertz CT molecular complexity index is 490. The maximum atomic E-state index is 12.9. The molecular weight excluding hydrogens is 304 g/mol. The van der Waals surface area contributed by atoms with Gasteiger partial charge in [0.1, 0.15) is 6.10 Å². The number of rotatable bonds is 7. The van der Waals surface area contributed by atoms with Gasteiger partial charge in [-0.25, -0.2) is 0 Å². The number of hydrogen-bond acceptors (Lipinski definition) is 4. The molecule has 2 aliphatic heterocycles. The summed E-state index contributed by atoms with van der Waals surface area (Å²) in [6, 6.07) is 0. The molecule has 4 aliphatic rings. The van der Waals surface area contributed by atoms with Gasteiger partial charge in [0.2, 0.25) is 0 Å². The fraction of sp³-hybridized carbons (Fsp3) is 0.900. The maximum absolute atomic E-state index is 12.9. The first-order valence-corrected chi connectivity index (χ1v) is 9.63. The first-order valence-electron chi connectivity index (χ1n) is 9.63. The van der Waals surface area contributed by atoms with Crippen LogP contribution in [0.15, 0.2) is 0 Å². The third-order valence-electron chi connectivity index (χ3n) is 6.18. The van der Waals surface area contributed by atoms with E-state index in [1.807, 2.05) is 6.92 Å². The maximum Gasteiger partial charge on any atom is 0.309 e. The lowest BCUT2D eigenvalue weighted by Crippen LogP contribution is -2.47. The average Bonchev–Trinajstić information content (AvgIpc) is 3.06. The van der Waals surface area contributed by atoms with Crippen molar-refractivity contribution < 1.29 is 19.1 Å². The normalized spacial score (nSPS) is 35.2.